The number of para-hydroxylation sites is 1. The standard InChI is InChI=1S/C22H19N3O/c1-16-8-9-21(17(2)12-16)24-22(26)19(14-23)13-18-10-11-25(15-18)20-6-4-3-5-7-20/h3-13,15H,1-2H3,(H,24,26)/b19-13+. The van der Waals surface area contributed by atoms with Crippen LogP contribution in [0.15, 0.2) is 72.6 Å². The number of hydrogen-bond donors (Lipinski definition) is 1. The fraction of sp³-hybridized carbons (Fsp3) is 0.0909. The topological polar surface area (TPSA) is 57.8 Å². The zero-order valence-electron chi connectivity index (χ0n) is 14.7. The number of nitriles is 1. The number of carbonyl (C=O) groups is 1. The Hall–Kier alpha value is -3.58. The molecule has 1 aromatic heterocycles. The molecular formula is C22H19N3O. The van der Waals surface area contributed by atoms with Crippen LogP contribution in [0.5, 0.6) is 0 Å². The van der Waals surface area contributed by atoms with Crippen LogP contribution in [-0.2, 0) is 4.79 Å². The van der Waals surface area contributed by atoms with Crippen LogP contribution in [0.25, 0.3) is 11.8 Å². The fourth-order valence-corrected chi connectivity index (χ4v) is 2.72. The summed E-state index contributed by atoms with van der Waals surface area (Å²) < 4.78 is 1.95. The number of hydrogen-bond acceptors (Lipinski definition) is 2. The zero-order chi connectivity index (χ0) is 18.5. The molecular weight excluding hydrogens is 322 g/mol. The van der Waals surface area contributed by atoms with Crippen molar-refractivity contribution in [3.05, 3.63) is 89.3 Å². The number of benzene rings is 2. The third-order valence-corrected chi connectivity index (χ3v) is 4.08. The van der Waals surface area contributed by atoms with Crippen LogP contribution in [0.1, 0.15) is 16.7 Å². The minimum Gasteiger partial charge on any atom is -0.323 e. The molecule has 4 nitrogen and oxygen atoms in total. The van der Waals surface area contributed by atoms with Gasteiger partial charge in [0.05, 0.1) is 0 Å². The SMILES string of the molecule is Cc1ccc(NC(=O)/C(C#N)=C/c2ccn(-c3ccccc3)c2)c(C)c1. The Morgan fingerprint density at radius 2 is 1.88 bits per heavy atom. The highest BCUT2D eigenvalue weighted by molar-refractivity contribution is 6.09. The molecule has 0 spiro atoms. The van der Waals surface area contributed by atoms with E-state index in [0.717, 1.165) is 22.4 Å². The van der Waals surface area contributed by atoms with Gasteiger partial charge in [0.1, 0.15) is 11.6 Å². The van der Waals surface area contributed by atoms with E-state index in [1.165, 1.54) is 0 Å². The van der Waals surface area contributed by atoms with E-state index < -0.39 is 5.91 Å². The summed E-state index contributed by atoms with van der Waals surface area (Å²) in [4.78, 5) is 12.5. The third-order valence-electron chi connectivity index (χ3n) is 4.08. The van der Waals surface area contributed by atoms with Crippen LogP contribution in [0.3, 0.4) is 0 Å². The second-order valence-corrected chi connectivity index (χ2v) is 6.13. The van der Waals surface area contributed by atoms with Crippen molar-refractivity contribution in [2.24, 2.45) is 0 Å². The van der Waals surface area contributed by atoms with Gasteiger partial charge in [-0.2, -0.15) is 5.26 Å². The molecule has 1 heterocycles. The maximum atomic E-state index is 12.5. The molecule has 0 fully saturated rings. The average Bonchev–Trinajstić information content (AvgIpc) is 3.11. The van der Waals surface area contributed by atoms with Crippen molar-refractivity contribution in [1.82, 2.24) is 4.57 Å². The van der Waals surface area contributed by atoms with Gasteiger partial charge in [-0.25, -0.2) is 0 Å². The first kappa shape index (κ1) is 17.2. The quantitative estimate of drug-likeness (QED) is 0.555. The molecule has 0 saturated carbocycles. The molecule has 0 saturated heterocycles. The maximum Gasteiger partial charge on any atom is 0.266 e. The number of nitrogens with one attached hydrogen (secondary N) is 1. The molecule has 1 amide bonds. The van der Waals surface area contributed by atoms with Gasteiger partial charge in [-0.05, 0) is 55.3 Å². The van der Waals surface area contributed by atoms with Crippen molar-refractivity contribution in [1.29, 1.82) is 5.26 Å². The Kier molecular flexibility index (Phi) is 5.00. The molecule has 128 valence electrons. The highest BCUT2D eigenvalue weighted by atomic mass is 16.1. The molecule has 0 aliphatic heterocycles. The van der Waals surface area contributed by atoms with E-state index in [-0.39, 0.29) is 5.57 Å². The van der Waals surface area contributed by atoms with E-state index in [4.69, 9.17) is 0 Å². The Morgan fingerprint density at radius 1 is 1.12 bits per heavy atom. The van der Waals surface area contributed by atoms with Crippen LogP contribution < -0.4 is 5.32 Å². The van der Waals surface area contributed by atoms with E-state index in [1.54, 1.807) is 6.08 Å². The van der Waals surface area contributed by atoms with Gasteiger partial charge in [0, 0.05) is 23.8 Å². The predicted octanol–water partition coefficient (Wildman–Crippen LogP) is 4.64. The normalized spacial score (nSPS) is 11.0. The number of aryl methyl sites for hydroxylation is 2. The second-order valence-electron chi connectivity index (χ2n) is 6.13. The van der Waals surface area contributed by atoms with E-state index >= 15 is 0 Å². The smallest absolute Gasteiger partial charge is 0.266 e. The van der Waals surface area contributed by atoms with Crippen molar-refractivity contribution in [2.45, 2.75) is 13.8 Å². The highest BCUT2D eigenvalue weighted by Crippen LogP contribution is 2.18. The molecule has 0 radical (unpaired) electrons. The molecule has 3 rings (SSSR count). The van der Waals surface area contributed by atoms with Crippen LogP contribution in [0, 0.1) is 25.2 Å². The first-order valence-electron chi connectivity index (χ1n) is 8.30. The van der Waals surface area contributed by atoms with Crippen LogP contribution >= 0.6 is 0 Å². The van der Waals surface area contributed by atoms with E-state index in [2.05, 4.69) is 5.32 Å². The Bertz CT molecular complexity index is 1010. The molecule has 1 N–H and O–H groups in total. The molecule has 2 aromatic carbocycles. The van der Waals surface area contributed by atoms with Gasteiger partial charge < -0.3 is 9.88 Å². The summed E-state index contributed by atoms with van der Waals surface area (Å²) in [6, 6.07) is 19.5. The van der Waals surface area contributed by atoms with Gasteiger partial charge in [0.25, 0.3) is 5.91 Å². The second kappa shape index (κ2) is 7.54. The fourth-order valence-electron chi connectivity index (χ4n) is 2.72. The summed E-state index contributed by atoms with van der Waals surface area (Å²) in [5.74, 6) is -0.410. The van der Waals surface area contributed by atoms with Crippen LogP contribution in [0.4, 0.5) is 5.69 Å². The molecule has 4 heteroatoms. The first-order chi connectivity index (χ1) is 12.6. The number of carbonyl (C=O) groups excluding carboxylic acids is 1. The lowest BCUT2D eigenvalue weighted by molar-refractivity contribution is -0.112. The van der Waals surface area contributed by atoms with E-state index in [9.17, 15) is 10.1 Å². The molecule has 3 aromatic rings. The predicted molar refractivity (Wildman–Crippen MR) is 104 cm³/mol. The number of rotatable bonds is 4. The molecule has 0 atom stereocenters. The van der Waals surface area contributed by atoms with Crippen LogP contribution in [-0.4, -0.2) is 10.5 Å². The minimum absolute atomic E-state index is 0.0655. The molecule has 0 bridgehead atoms. The Morgan fingerprint density at radius 3 is 2.58 bits per heavy atom. The van der Waals surface area contributed by atoms with Crippen molar-refractivity contribution in [3.8, 4) is 11.8 Å². The van der Waals surface area contributed by atoms with Gasteiger partial charge in [0.2, 0.25) is 0 Å². The van der Waals surface area contributed by atoms with Crippen LogP contribution in [0.2, 0.25) is 0 Å². The number of nitrogens with zero attached hydrogens (tertiary/aromatic N) is 2. The summed E-state index contributed by atoms with van der Waals surface area (Å²) in [5.41, 5.74) is 4.68. The third kappa shape index (κ3) is 3.90. The lowest BCUT2D eigenvalue weighted by Crippen LogP contribution is -2.14. The molecule has 0 unspecified atom stereocenters. The average molecular weight is 341 g/mol. The lowest BCUT2D eigenvalue weighted by Gasteiger charge is -2.08. The molecule has 26 heavy (non-hydrogen) atoms. The monoisotopic (exact) mass is 341 g/mol. The van der Waals surface area contributed by atoms with Crippen molar-refractivity contribution < 1.29 is 4.79 Å². The number of anilines is 1. The number of aromatic nitrogens is 1. The summed E-state index contributed by atoms with van der Waals surface area (Å²) in [7, 11) is 0. The minimum atomic E-state index is -0.410. The summed E-state index contributed by atoms with van der Waals surface area (Å²) >= 11 is 0. The van der Waals surface area contributed by atoms with E-state index in [0.29, 0.717) is 5.69 Å². The van der Waals surface area contributed by atoms with Gasteiger partial charge >= 0.3 is 0 Å². The van der Waals surface area contributed by atoms with Crippen molar-refractivity contribution >= 4 is 17.7 Å². The summed E-state index contributed by atoms with van der Waals surface area (Å²) in [6.07, 6.45) is 5.38. The van der Waals surface area contributed by atoms with Gasteiger partial charge in [0.15, 0.2) is 0 Å². The largest absolute Gasteiger partial charge is 0.323 e. The summed E-state index contributed by atoms with van der Waals surface area (Å²) in [5, 5.41) is 12.2. The van der Waals surface area contributed by atoms with Crippen molar-refractivity contribution in [2.75, 3.05) is 5.32 Å². The maximum absolute atomic E-state index is 12.5. The summed E-state index contributed by atoms with van der Waals surface area (Å²) in [6.45, 7) is 3.93. The lowest BCUT2D eigenvalue weighted by atomic mass is 10.1. The highest BCUT2D eigenvalue weighted by Gasteiger charge is 2.11. The Balaban J connectivity index is 1.81. The van der Waals surface area contributed by atoms with Gasteiger partial charge in [-0.1, -0.05) is 35.9 Å². The van der Waals surface area contributed by atoms with Crippen molar-refractivity contribution in [3.63, 3.8) is 0 Å². The number of amides is 1. The Labute approximate surface area is 153 Å². The van der Waals surface area contributed by atoms with E-state index in [1.807, 2.05) is 91.5 Å². The zero-order valence-corrected chi connectivity index (χ0v) is 14.7. The van der Waals surface area contributed by atoms with Gasteiger partial charge in [-0.3, -0.25) is 4.79 Å². The molecule has 0 aliphatic rings. The first-order valence-corrected chi connectivity index (χ1v) is 8.30. The van der Waals surface area contributed by atoms with Gasteiger partial charge in [-0.15, -0.1) is 0 Å². The molecule has 0 aliphatic carbocycles.